The van der Waals surface area contributed by atoms with Crippen molar-refractivity contribution in [3.63, 3.8) is 0 Å². The fourth-order valence-corrected chi connectivity index (χ4v) is 5.76. The molecule has 2 fully saturated rings. The molecule has 4 amide bonds. The number of amides is 4. The van der Waals surface area contributed by atoms with Crippen LogP contribution in [0.4, 0.5) is 0 Å². The van der Waals surface area contributed by atoms with Crippen molar-refractivity contribution in [2.45, 2.75) is 77.8 Å². The second-order valence-corrected chi connectivity index (χ2v) is 12.1. The fraction of sp³-hybridized carbons (Fsp3) is 0.655. The van der Waals surface area contributed by atoms with Crippen LogP contribution in [0.2, 0.25) is 0 Å². The molecule has 0 aromatic heterocycles. The summed E-state index contributed by atoms with van der Waals surface area (Å²) in [6.07, 6.45) is 6.27. The number of hydrogen-bond donors (Lipinski definition) is 3. The highest BCUT2D eigenvalue weighted by molar-refractivity contribution is 5.97. The van der Waals surface area contributed by atoms with Gasteiger partial charge in [0.25, 0.3) is 5.91 Å². The van der Waals surface area contributed by atoms with E-state index in [1.54, 1.807) is 35.0 Å². The van der Waals surface area contributed by atoms with E-state index >= 15 is 0 Å². The van der Waals surface area contributed by atoms with E-state index in [1.165, 1.54) is 6.07 Å². The molecule has 1 heterocycles. The Bertz CT molecular complexity index is 1010. The number of rotatable bonds is 10. The number of likely N-dealkylation sites (N-methyl/N-ethyl adjacent to an activating group) is 1. The van der Waals surface area contributed by atoms with Gasteiger partial charge in [0, 0.05) is 26.2 Å². The highest BCUT2D eigenvalue weighted by Crippen LogP contribution is 2.31. The lowest BCUT2D eigenvalue weighted by Crippen LogP contribution is -2.58. The Kier molecular flexibility index (Phi) is 10.4. The predicted molar refractivity (Wildman–Crippen MR) is 146 cm³/mol. The third-order valence-electron chi connectivity index (χ3n) is 8.17. The zero-order valence-corrected chi connectivity index (χ0v) is 23.6. The Balaban J connectivity index is 1.65. The maximum atomic E-state index is 13.7. The molecule has 0 radical (unpaired) electrons. The van der Waals surface area contributed by atoms with Crippen molar-refractivity contribution in [1.82, 2.24) is 20.2 Å². The van der Waals surface area contributed by atoms with Crippen molar-refractivity contribution in [2.75, 3.05) is 26.7 Å². The number of hydrogen-bond acceptors (Lipinski definition) is 6. The van der Waals surface area contributed by atoms with Crippen LogP contribution < -0.4 is 5.32 Å². The number of piperidine rings is 1. The van der Waals surface area contributed by atoms with Crippen LogP contribution in [0.15, 0.2) is 24.3 Å². The van der Waals surface area contributed by atoms with E-state index < -0.39 is 17.4 Å². The largest absolute Gasteiger partial charge is 0.507 e. The zero-order valence-electron chi connectivity index (χ0n) is 23.6. The molecular formula is C29H44N4O6. The molecule has 10 nitrogen and oxygen atoms in total. The summed E-state index contributed by atoms with van der Waals surface area (Å²) in [5.41, 5.74) is -0.316. The monoisotopic (exact) mass is 544 g/mol. The van der Waals surface area contributed by atoms with E-state index in [9.17, 15) is 29.5 Å². The normalized spacial score (nSPS) is 18.3. The van der Waals surface area contributed by atoms with Crippen molar-refractivity contribution in [3.8, 4) is 5.75 Å². The highest BCUT2D eigenvalue weighted by Gasteiger charge is 2.39. The van der Waals surface area contributed by atoms with Gasteiger partial charge in [-0.1, -0.05) is 58.6 Å². The van der Waals surface area contributed by atoms with E-state index in [0.717, 1.165) is 25.7 Å². The summed E-state index contributed by atoms with van der Waals surface area (Å²) in [4.78, 5) is 54.5. The van der Waals surface area contributed by atoms with E-state index in [1.807, 2.05) is 20.8 Å². The average Bonchev–Trinajstić information content (AvgIpc) is 3.43. The molecule has 2 atom stereocenters. The second kappa shape index (κ2) is 13.3. The maximum absolute atomic E-state index is 13.7. The quantitative estimate of drug-likeness (QED) is 0.236. The highest BCUT2D eigenvalue weighted by atomic mass is 16.5. The lowest BCUT2D eigenvalue weighted by molar-refractivity contribution is -0.156. The van der Waals surface area contributed by atoms with Crippen molar-refractivity contribution in [1.29, 1.82) is 0 Å². The fourth-order valence-electron chi connectivity index (χ4n) is 5.76. The standard InChI is InChI=1S/C29H44N4O6/c1-29(2,3)25(30-26(36)21(18-33(39)19-34)17-20-9-5-6-10-20)28(38)31(4)22-13-15-32(16-14-22)27(37)23-11-7-8-12-24(23)35/h7-8,11-12,19-22,25,35,39H,5-6,9-10,13-18H2,1-4H3,(H,30,36)/t21-,25-/m1/s1. The molecule has 216 valence electrons. The Morgan fingerprint density at radius 2 is 1.72 bits per heavy atom. The summed E-state index contributed by atoms with van der Waals surface area (Å²) in [5.74, 6) is -1.09. The van der Waals surface area contributed by atoms with Crippen LogP contribution in [0.1, 0.15) is 76.1 Å². The van der Waals surface area contributed by atoms with Gasteiger partial charge in [-0.3, -0.25) is 24.4 Å². The molecule has 10 heteroatoms. The van der Waals surface area contributed by atoms with E-state index in [4.69, 9.17) is 0 Å². The molecule has 1 aromatic carbocycles. The topological polar surface area (TPSA) is 130 Å². The molecule has 3 rings (SSSR count). The molecule has 3 N–H and O–H groups in total. The first-order valence-electron chi connectivity index (χ1n) is 14.0. The molecule has 0 spiro atoms. The Morgan fingerprint density at radius 3 is 2.28 bits per heavy atom. The Labute approximate surface area is 231 Å². The lowest BCUT2D eigenvalue weighted by atomic mass is 9.84. The number of carbonyl (C=O) groups excluding carboxylic acids is 4. The van der Waals surface area contributed by atoms with Gasteiger partial charge in [0.1, 0.15) is 11.8 Å². The summed E-state index contributed by atoms with van der Waals surface area (Å²) >= 11 is 0. The van der Waals surface area contributed by atoms with Crippen LogP contribution in [0.5, 0.6) is 5.75 Å². The summed E-state index contributed by atoms with van der Waals surface area (Å²) in [7, 11) is 1.73. The number of nitrogens with zero attached hydrogens (tertiary/aromatic N) is 3. The first kappa shape index (κ1) is 30.4. The Morgan fingerprint density at radius 1 is 1.10 bits per heavy atom. The summed E-state index contributed by atoms with van der Waals surface area (Å²) in [6, 6.07) is 5.56. The molecule has 39 heavy (non-hydrogen) atoms. The number of aromatic hydroxyl groups is 1. The molecule has 1 saturated heterocycles. The van der Waals surface area contributed by atoms with Crippen molar-refractivity contribution in [3.05, 3.63) is 29.8 Å². The number of benzene rings is 1. The van der Waals surface area contributed by atoms with Gasteiger partial charge in [-0.25, -0.2) is 5.06 Å². The van der Waals surface area contributed by atoms with Gasteiger partial charge in [-0.05, 0) is 42.7 Å². The first-order valence-corrected chi connectivity index (χ1v) is 14.0. The molecule has 1 saturated carbocycles. The molecule has 1 aliphatic carbocycles. The number of nitrogens with one attached hydrogen (secondary N) is 1. The maximum Gasteiger partial charge on any atom is 0.257 e. The van der Waals surface area contributed by atoms with Gasteiger partial charge in [-0.15, -0.1) is 0 Å². The Hall–Kier alpha value is -3.14. The van der Waals surface area contributed by atoms with Gasteiger partial charge in [-0.2, -0.15) is 0 Å². The minimum Gasteiger partial charge on any atom is -0.507 e. The summed E-state index contributed by atoms with van der Waals surface area (Å²) in [5, 5.41) is 23.3. The number of para-hydroxylation sites is 1. The van der Waals surface area contributed by atoms with Crippen LogP contribution in [0.25, 0.3) is 0 Å². The average molecular weight is 545 g/mol. The molecule has 0 unspecified atom stereocenters. The van der Waals surface area contributed by atoms with Gasteiger partial charge >= 0.3 is 0 Å². The van der Waals surface area contributed by atoms with Gasteiger partial charge in [0.15, 0.2) is 0 Å². The third-order valence-corrected chi connectivity index (χ3v) is 8.17. The minimum atomic E-state index is -0.801. The zero-order chi connectivity index (χ0) is 28.7. The third kappa shape index (κ3) is 7.94. The van der Waals surface area contributed by atoms with Crippen LogP contribution >= 0.6 is 0 Å². The smallest absolute Gasteiger partial charge is 0.257 e. The molecular weight excluding hydrogens is 500 g/mol. The second-order valence-electron chi connectivity index (χ2n) is 12.1. The summed E-state index contributed by atoms with van der Waals surface area (Å²) < 4.78 is 0. The lowest BCUT2D eigenvalue weighted by Gasteiger charge is -2.40. The van der Waals surface area contributed by atoms with Crippen molar-refractivity contribution in [2.24, 2.45) is 17.3 Å². The van der Waals surface area contributed by atoms with Gasteiger partial charge in [0.2, 0.25) is 18.2 Å². The summed E-state index contributed by atoms with van der Waals surface area (Å²) in [6.45, 7) is 6.47. The minimum absolute atomic E-state index is 0.0515. The number of likely N-dealkylation sites (tertiary alicyclic amines) is 1. The molecule has 1 aliphatic heterocycles. The number of phenols is 1. The number of phenolic OH excluding ortho intramolecular Hbond substituents is 1. The van der Waals surface area contributed by atoms with E-state index in [0.29, 0.717) is 49.7 Å². The first-order chi connectivity index (χ1) is 18.4. The van der Waals surface area contributed by atoms with Crippen molar-refractivity contribution < 1.29 is 29.5 Å². The van der Waals surface area contributed by atoms with Crippen LogP contribution in [-0.4, -0.2) is 88.1 Å². The van der Waals surface area contributed by atoms with Crippen molar-refractivity contribution >= 4 is 24.1 Å². The SMILES string of the molecule is CN(C(=O)[C@@H](NC(=O)[C@H](CC1CCCC1)CN(O)C=O)C(C)(C)C)C1CCN(C(=O)c2ccccc2O)CC1. The molecule has 0 bridgehead atoms. The molecule has 1 aromatic rings. The van der Waals surface area contributed by atoms with Gasteiger partial charge in [0.05, 0.1) is 18.0 Å². The van der Waals surface area contributed by atoms with Crippen LogP contribution in [0.3, 0.4) is 0 Å². The predicted octanol–water partition coefficient (Wildman–Crippen LogP) is 3.03. The number of hydroxylamine groups is 2. The molecule has 2 aliphatic rings. The van der Waals surface area contributed by atoms with E-state index in [2.05, 4.69) is 5.32 Å². The van der Waals surface area contributed by atoms with Gasteiger partial charge < -0.3 is 20.2 Å². The van der Waals surface area contributed by atoms with Crippen LogP contribution in [-0.2, 0) is 14.4 Å². The van der Waals surface area contributed by atoms with Crippen LogP contribution in [0, 0.1) is 17.3 Å². The van der Waals surface area contributed by atoms with E-state index in [-0.39, 0.29) is 41.6 Å². The number of carbonyl (C=O) groups is 4.